The van der Waals surface area contributed by atoms with E-state index in [0.717, 1.165) is 0 Å². The standard InChI is InChI=1S/C8H18FNO2/c1-3-6(9)4-7(11)8(12)5-10-2/h6-8,10-12H,3-5H2,1-2H3/t6-,7-,8-/m1/s1. The summed E-state index contributed by atoms with van der Waals surface area (Å²) < 4.78 is 12.7. The highest BCUT2D eigenvalue weighted by Crippen LogP contribution is 2.08. The number of halogens is 1. The molecule has 4 heteroatoms. The minimum atomic E-state index is -1.02. The number of hydrogen-bond acceptors (Lipinski definition) is 3. The third-order valence-corrected chi connectivity index (χ3v) is 1.80. The fourth-order valence-electron chi connectivity index (χ4n) is 0.931. The highest BCUT2D eigenvalue weighted by Gasteiger charge is 2.19. The molecule has 3 nitrogen and oxygen atoms in total. The van der Waals surface area contributed by atoms with Crippen LogP contribution in [0.5, 0.6) is 0 Å². The lowest BCUT2D eigenvalue weighted by molar-refractivity contribution is 0.00238. The quantitative estimate of drug-likeness (QED) is 0.540. The molecule has 0 rings (SSSR count). The summed E-state index contributed by atoms with van der Waals surface area (Å²) in [5.41, 5.74) is 0. The molecule has 3 N–H and O–H groups in total. The van der Waals surface area contributed by atoms with Gasteiger partial charge in [-0.15, -0.1) is 0 Å². The Bertz CT molecular complexity index is 113. The van der Waals surface area contributed by atoms with Crippen LogP contribution in [0.1, 0.15) is 19.8 Å². The molecule has 0 bridgehead atoms. The second-order valence-electron chi connectivity index (χ2n) is 2.93. The summed E-state index contributed by atoms with van der Waals surface area (Å²) in [4.78, 5) is 0. The van der Waals surface area contributed by atoms with Crippen molar-refractivity contribution in [2.45, 2.75) is 38.1 Å². The number of alkyl halides is 1. The zero-order valence-electron chi connectivity index (χ0n) is 7.63. The van der Waals surface area contributed by atoms with Crippen LogP contribution >= 0.6 is 0 Å². The van der Waals surface area contributed by atoms with E-state index in [1.165, 1.54) is 0 Å². The molecule has 12 heavy (non-hydrogen) atoms. The average molecular weight is 179 g/mol. The first-order chi connectivity index (χ1) is 5.61. The van der Waals surface area contributed by atoms with E-state index in [1.54, 1.807) is 14.0 Å². The maximum Gasteiger partial charge on any atom is 0.102 e. The Labute approximate surface area is 72.6 Å². The molecule has 0 spiro atoms. The molecule has 3 atom stereocenters. The Morgan fingerprint density at radius 2 is 1.92 bits per heavy atom. The van der Waals surface area contributed by atoms with Gasteiger partial charge < -0.3 is 15.5 Å². The van der Waals surface area contributed by atoms with E-state index in [1.807, 2.05) is 0 Å². The molecule has 0 amide bonds. The van der Waals surface area contributed by atoms with Gasteiger partial charge in [0.05, 0.1) is 12.2 Å². The first-order valence-corrected chi connectivity index (χ1v) is 4.26. The molecule has 0 fully saturated rings. The van der Waals surface area contributed by atoms with Crippen LogP contribution in [-0.4, -0.2) is 42.2 Å². The molecule has 0 unspecified atom stereocenters. The Morgan fingerprint density at radius 1 is 1.33 bits per heavy atom. The predicted molar refractivity (Wildman–Crippen MR) is 45.7 cm³/mol. The molecule has 0 radical (unpaired) electrons. The molecular formula is C8H18FNO2. The second kappa shape index (κ2) is 6.34. The minimum Gasteiger partial charge on any atom is -0.390 e. The van der Waals surface area contributed by atoms with Gasteiger partial charge in [-0.05, 0) is 13.5 Å². The molecule has 0 aromatic heterocycles. The van der Waals surface area contributed by atoms with Gasteiger partial charge in [0.25, 0.3) is 0 Å². The van der Waals surface area contributed by atoms with Gasteiger partial charge in [0, 0.05) is 13.0 Å². The monoisotopic (exact) mass is 179 g/mol. The molecule has 0 aliphatic heterocycles. The largest absolute Gasteiger partial charge is 0.390 e. The maximum atomic E-state index is 12.7. The first kappa shape index (κ1) is 11.8. The lowest BCUT2D eigenvalue weighted by atomic mass is 10.1. The molecule has 0 aliphatic rings. The molecule has 0 aliphatic carbocycles. The third-order valence-electron chi connectivity index (χ3n) is 1.80. The van der Waals surface area contributed by atoms with Gasteiger partial charge in [-0.2, -0.15) is 0 Å². The van der Waals surface area contributed by atoms with Crippen molar-refractivity contribution in [1.29, 1.82) is 0 Å². The second-order valence-corrected chi connectivity index (χ2v) is 2.93. The van der Waals surface area contributed by atoms with Crippen LogP contribution in [0.15, 0.2) is 0 Å². The van der Waals surface area contributed by atoms with Crippen molar-refractivity contribution in [3.63, 3.8) is 0 Å². The van der Waals surface area contributed by atoms with E-state index in [4.69, 9.17) is 0 Å². The van der Waals surface area contributed by atoms with E-state index >= 15 is 0 Å². The zero-order valence-corrected chi connectivity index (χ0v) is 7.63. The van der Waals surface area contributed by atoms with Gasteiger partial charge in [0.15, 0.2) is 0 Å². The zero-order chi connectivity index (χ0) is 9.56. The van der Waals surface area contributed by atoms with E-state index < -0.39 is 18.4 Å². The Hall–Kier alpha value is -0.190. The van der Waals surface area contributed by atoms with Gasteiger partial charge >= 0.3 is 0 Å². The summed E-state index contributed by atoms with van der Waals surface area (Å²) in [6, 6.07) is 0. The molecule has 0 saturated heterocycles. The normalized spacial score (nSPS) is 18.8. The van der Waals surface area contributed by atoms with Gasteiger partial charge in [0.2, 0.25) is 0 Å². The summed E-state index contributed by atoms with van der Waals surface area (Å²) in [7, 11) is 1.67. The van der Waals surface area contributed by atoms with Crippen molar-refractivity contribution >= 4 is 0 Å². The van der Waals surface area contributed by atoms with Crippen molar-refractivity contribution in [2.24, 2.45) is 0 Å². The number of hydrogen-bond donors (Lipinski definition) is 3. The van der Waals surface area contributed by atoms with Crippen molar-refractivity contribution in [2.75, 3.05) is 13.6 Å². The highest BCUT2D eigenvalue weighted by atomic mass is 19.1. The Kier molecular flexibility index (Phi) is 6.24. The Balaban J connectivity index is 3.62. The van der Waals surface area contributed by atoms with Crippen LogP contribution < -0.4 is 5.32 Å². The van der Waals surface area contributed by atoms with E-state index in [0.29, 0.717) is 6.42 Å². The third kappa shape index (κ3) is 4.64. The van der Waals surface area contributed by atoms with Gasteiger partial charge in [-0.25, -0.2) is 4.39 Å². The van der Waals surface area contributed by atoms with E-state index in [2.05, 4.69) is 5.32 Å². The van der Waals surface area contributed by atoms with Crippen LogP contribution in [-0.2, 0) is 0 Å². The molecule has 0 saturated carbocycles. The predicted octanol–water partition coefficient (Wildman–Crippen LogP) is 0.0658. The lowest BCUT2D eigenvalue weighted by Crippen LogP contribution is -2.36. The van der Waals surface area contributed by atoms with Crippen LogP contribution in [0.25, 0.3) is 0 Å². The number of likely N-dealkylation sites (N-methyl/N-ethyl adjacent to an activating group) is 1. The smallest absolute Gasteiger partial charge is 0.102 e. The molecule has 0 aromatic rings. The summed E-state index contributed by atoms with van der Waals surface area (Å²) in [6.45, 7) is 2.00. The van der Waals surface area contributed by atoms with Gasteiger partial charge in [-0.3, -0.25) is 0 Å². The minimum absolute atomic E-state index is 0.0132. The summed E-state index contributed by atoms with van der Waals surface area (Å²) >= 11 is 0. The van der Waals surface area contributed by atoms with Crippen molar-refractivity contribution in [3.05, 3.63) is 0 Å². The molecule has 74 valence electrons. The maximum absolute atomic E-state index is 12.7. The molecule has 0 heterocycles. The van der Waals surface area contributed by atoms with Crippen LogP contribution in [0, 0.1) is 0 Å². The lowest BCUT2D eigenvalue weighted by Gasteiger charge is -2.18. The van der Waals surface area contributed by atoms with E-state index in [-0.39, 0.29) is 13.0 Å². The summed E-state index contributed by atoms with van der Waals surface area (Å²) in [5.74, 6) is 0. The fraction of sp³-hybridized carbons (Fsp3) is 1.00. The topological polar surface area (TPSA) is 52.5 Å². The highest BCUT2D eigenvalue weighted by molar-refractivity contribution is 4.71. The van der Waals surface area contributed by atoms with Crippen LogP contribution in [0.3, 0.4) is 0 Å². The molecule has 0 aromatic carbocycles. The van der Waals surface area contributed by atoms with Crippen LogP contribution in [0.4, 0.5) is 4.39 Å². The van der Waals surface area contributed by atoms with E-state index in [9.17, 15) is 14.6 Å². The van der Waals surface area contributed by atoms with Crippen molar-refractivity contribution < 1.29 is 14.6 Å². The summed E-state index contributed by atoms with van der Waals surface area (Å²) in [5, 5.41) is 21.1. The summed E-state index contributed by atoms with van der Waals surface area (Å²) in [6.07, 6.45) is -2.47. The van der Waals surface area contributed by atoms with Crippen LogP contribution in [0.2, 0.25) is 0 Å². The fourth-order valence-corrected chi connectivity index (χ4v) is 0.931. The number of aliphatic hydroxyl groups excluding tert-OH is 2. The molecular weight excluding hydrogens is 161 g/mol. The SMILES string of the molecule is CC[C@@H](F)C[C@@H](O)[C@H](O)CNC. The average Bonchev–Trinajstić information content (AvgIpc) is 2.04. The first-order valence-electron chi connectivity index (χ1n) is 4.26. The van der Waals surface area contributed by atoms with Crippen molar-refractivity contribution in [1.82, 2.24) is 5.32 Å². The van der Waals surface area contributed by atoms with Gasteiger partial charge in [0.1, 0.15) is 6.17 Å². The number of aliphatic hydroxyl groups is 2. The number of rotatable bonds is 6. The van der Waals surface area contributed by atoms with Crippen molar-refractivity contribution in [3.8, 4) is 0 Å². The number of nitrogens with one attached hydrogen (secondary N) is 1. The Morgan fingerprint density at radius 3 is 2.33 bits per heavy atom. The van der Waals surface area contributed by atoms with Gasteiger partial charge in [-0.1, -0.05) is 6.92 Å².